The van der Waals surface area contributed by atoms with Gasteiger partial charge in [-0.1, -0.05) is 6.07 Å². The van der Waals surface area contributed by atoms with Crippen molar-refractivity contribution in [3.63, 3.8) is 0 Å². The third kappa shape index (κ3) is 2.39. The molecule has 1 aromatic rings. The molecule has 0 saturated carbocycles. The number of pyridine rings is 1. The molecular weight excluding hydrogens is 190 g/mol. The third-order valence-corrected chi connectivity index (χ3v) is 2.71. The Morgan fingerprint density at radius 2 is 2.40 bits per heavy atom. The van der Waals surface area contributed by atoms with E-state index in [1.54, 1.807) is 0 Å². The van der Waals surface area contributed by atoms with Crippen molar-refractivity contribution in [2.45, 2.75) is 18.9 Å². The van der Waals surface area contributed by atoms with Gasteiger partial charge in [0.1, 0.15) is 11.6 Å². The molecule has 1 fully saturated rings. The lowest BCUT2D eigenvalue weighted by Crippen LogP contribution is -2.38. The maximum atomic E-state index is 9.58. The van der Waals surface area contributed by atoms with Crippen LogP contribution in [0.3, 0.4) is 0 Å². The van der Waals surface area contributed by atoms with Crippen LogP contribution in [0.25, 0.3) is 0 Å². The van der Waals surface area contributed by atoms with Gasteiger partial charge in [0.2, 0.25) is 0 Å². The molecule has 1 saturated heterocycles. The molecule has 0 aromatic carbocycles. The summed E-state index contributed by atoms with van der Waals surface area (Å²) in [6, 6.07) is 5.90. The Morgan fingerprint density at radius 3 is 3.13 bits per heavy atom. The predicted molar refractivity (Wildman–Crippen MR) is 61.2 cm³/mol. The number of hydrogen-bond acceptors (Lipinski definition) is 4. The molecule has 1 unspecified atom stereocenters. The van der Waals surface area contributed by atoms with Crippen molar-refractivity contribution < 1.29 is 5.11 Å². The lowest BCUT2D eigenvalue weighted by molar-refractivity contribution is 0.154. The minimum Gasteiger partial charge on any atom is -0.391 e. The highest BCUT2D eigenvalue weighted by Crippen LogP contribution is 2.19. The third-order valence-electron chi connectivity index (χ3n) is 2.71. The van der Waals surface area contributed by atoms with E-state index in [0.29, 0.717) is 6.54 Å². The standard InChI is InChI=1S/C11H17N3O/c1-12-10-5-2-6-11(13-10)14-7-3-4-9(15)8-14/h2,5-6,9,15H,3-4,7-8H2,1H3,(H,12,13). The van der Waals surface area contributed by atoms with Crippen molar-refractivity contribution in [1.29, 1.82) is 0 Å². The first-order valence-electron chi connectivity index (χ1n) is 5.37. The zero-order chi connectivity index (χ0) is 10.7. The molecule has 2 heterocycles. The second kappa shape index (κ2) is 4.49. The number of aliphatic hydroxyl groups is 1. The van der Waals surface area contributed by atoms with E-state index in [1.165, 1.54) is 0 Å². The number of nitrogens with one attached hydrogen (secondary N) is 1. The number of anilines is 2. The number of aliphatic hydroxyl groups excluding tert-OH is 1. The Labute approximate surface area is 89.9 Å². The highest BCUT2D eigenvalue weighted by Gasteiger charge is 2.18. The Hall–Kier alpha value is -1.29. The van der Waals surface area contributed by atoms with E-state index in [-0.39, 0.29) is 6.10 Å². The van der Waals surface area contributed by atoms with Crippen LogP contribution < -0.4 is 10.2 Å². The van der Waals surface area contributed by atoms with Crippen LogP contribution in [0, 0.1) is 0 Å². The van der Waals surface area contributed by atoms with Crippen LogP contribution in [0.1, 0.15) is 12.8 Å². The summed E-state index contributed by atoms with van der Waals surface area (Å²) in [7, 11) is 1.86. The van der Waals surface area contributed by atoms with Crippen molar-refractivity contribution in [3.8, 4) is 0 Å². The number of piperidine rings is 1. The SMILES string of the molecule is CNc1cccc(N2CCCC(O)C2)n1. The van der Waals surface area contributed by atoms with Crippen molar-refractivity contribution >= 4 is 11.6 Å². The smallest absolute Gasteiger partial charge is 0.131 e. The number of nitrogens with zero attached hydrogens (tertiary/aromatic N) is 2. The van der Waals surface area contributed by atoms with E-state index in [2.05, 4.69) is 15.2 Å². The molecule has 0 spiro atoms. The van der Waals surface area contributed by atoms with Crippen molar-refractivity contribution in [3.05, 3.63) is 18.2 Å². The van der Waals surface area contributed by atoms with E-state index in [0.717, 1.165) is 31.0 Å². The molecule has 4 nitrogen and oxygen atoms in total. The van der Waals surface area contributed by atoms with E-state index < -0.39 is 0 Å². The fourth-order valence-corrected chi connectivity index (χ4v) is 1.90. The Kier molecular flexibility index (Phi) is 3.06. The molecule has 82 valence electrons. The molecule has 0 amide bonds. The summed E-state index contributed by atoms with van der Waals surface area (Å²) in [5.41, 5.74) is 0. The van der Waals surface area contributed by atoms with Gasteiger partial charge < -0.3 is 15.3 Å². The number of β-amino-alcohol motifs (C(OH)–C–C–N with tert-alkyl or cyclic N) is 1. The normalized spacial score (nSPS) is 21.5. The summed E-state index contributed by atoms with van der Waals surface area (Å²) < 4.78 is 0. The van der Waals surface area contributed by atoms with Crippen LogP contribution in [0.2, 0.25) is 0 Å². The summed E-state index contributed by atoms with van der Waals surface area (Å²) in [5, 5.41) is 12.6. The van der Waals surface area contributed by atoms with Gasteiger partial charge in [-0.3, -0.25) is 0 Å². The zero-order valence-electron chi connectivity index (χ0n) is 8.98. The highest BCUT2D eigenvalue weighted by molar-refractivity contribution is 5.47. The second-order valence-electron chi connectivity index (χ2n) is 3.87. The monoisotopic (exact) mass is 207 g/mol. The van der Waals surface area contributed by atoms with Gasteiger partial charge in [-0.05, 0) is 25.0 Å². The fraction of sp³-hybridized carbons (Fsp3) is 0.545. The first kappa shape index (κ1) is 10.2. The molecule has 0 bridgehead atoms. The van der Waals surface area contributed by atoms with Gasteiger partial charge in [0.15, 0.2) is 0 Å². The van der Waals surface area contributed by atoms with E-state index in [9.17, 15) is 5.11 Å². The Morgan fingerprint density at radius 1 is 1.53 bits per heavy atom. The van der Waals surface area contributed by atoms with Crippen LogP contribution >= 0.6 is 0 Å². The molecule has 4 heteroatoms. The van der Waals surface area contributed by atoms with Crippen molar-refractivity contribution in [2.75, 3.05) is 30.4 Å². The molecule has 2 rings (SSSR count). The Bertz CT molecular complexity index is 329. The topological polar surface area (TPSA) is 48.4 Å². The van der Waals surface area contributed by atoms with Crippen LogP contribution in [0.15, 0.2) is 18.2 Å². The molecule has 1 aromatic heterocycles. The fourth-order valence-electron chi connectivity index (χ4n) is 1.90. The Balaban J connectivity index is 2.13. The minimum absolute atomic E-state index is 0.209. The summed E-state index contributed by atoms with van der Waals surface area (Å²) >= 11 is 0. The largest absolute Gasteiger partial charge is 0.391 e. The number of hydrogen-bond donors (Lipinski definition) is 2. The molecule has 2 N–H and O–H groups in total. The van der Waals surface area contributed by atoms with Gasteiger partial charge in [-0.2, -0.15) is 0 Å². The van der Waals surface area contributed by atoms with Gasteiger partial charge in [-0.15, -0.1) is 0 Å². The maximum Gasteiger partial charge on any atom is 0.131 e. The van der Waals surface area contributed by atoms with Crippen LogP contribution in [-0.2, 0) is 0 Å². The summed E-state index contributed by atoms with van der Waals surface area (Å²) in [5.74, 6) is 1.81. The molecular formula is C11H17N3O. The van der Waals surface area contributed by atoms with Crippen LogP contribution in [0.4, 0.5) is 11.6 Å². The van der Waals surface area contributed by atoms with E-state index in [4.69, 9.17) is 0 Å². The maximum absolute atomic E-state index is 9.58. The lowest BCUT2D eigenvalue weighted by Gasteiger charge is -2.31. The zero-order valence-corrected chi connectivity index (χ0v) is 8.98. The van der Waals surface area contributed by atoms with Gasteiger partial charge in [0, 0.05) is 20.1 Å². The first-order chi connectivity index (χ1) is 7.29. The van der Waals surface area contributed by atoms with Crippen molar-refractivity contribution in [2.24, 2.45) is 0 Å². The van der Waals surface area contributed by atoms with E-state index in [1.807, 2.05) is 25.2 Å². The van der Waals surface area contributed by atoms with Gasteiger partial charge in [0.05, 0.1) is 6.10 Å². The molecule has 0 aliphatic carbocycles. The minimum atomic E-state index is -0.209. The second-order valence-corrected chi connectivity index (χ2v) is 3.87. The van der Waals surface area contributed by atoms with Crippen LogP contribution in [0.5, 0.6) is 0 Å². The van der Waals surface area contributed by atoms with Gasteiger partial charge >= 0.3 is 0 Å². The number of aromatic nitrogens is 1. The first-order valence-corrected chi connectivity index (χ1v) is 5.37. The average molecular weight is 207 g/mol. The average Bonchev–Trinajstić information content (AvgIpc) is 2.29. The number of rotatable bonds is 2. The van der Waals surface area contributed by atoms with Crippen LogP contribution in [-0.4, -0.2) is 36.3 Å². The van der Waals surface area contributed by atoms with E-state index >= 15 is 0 Å². The molecule has 1 atom stereocenters. The highest BCUT2D eigenvalue weighted by atomic mass is 16.3. The summed E-state index contributed by atoms with van der Waals surface area (Å²) in [6.07, 6.45) is 1.73. The molecule has 1 aliphatic rings. The molecule has 15 heavy (non-hydrogen) atoms. The predicted octanol–water partition coefficient (Wildman–Crippen LogP) is 1.08. The quantitative estimate of drug-likeness (QED) is 0.762. The molecule has 1 aliphatic heterocycles. The summed E-state index contributed by atoms with van der Waals surface area (Å²) in [4.78, 5) is 6.59. The van der Waals surface area contributed by atoms with Gasteiger partial charge in [-0.25, -0.2) is 4.98 Å². The van der Waals surface area contributed by atoms with Crippen molar-refractivity contribution in [1.82, 2.24) is 4.98 Å². The van der Waals surface area contributed by atoms with Gasteiger partial charge in [0.25, 0.3) is 0 Å². The molecule has 0 radical (unpaired) electrons. The summed E-state index contributed by atoms with van der Waals surface area (Å²) in [6.45, 7) is 1.68. The lowest BCUT2D eigenvalue weighted by atomic mass is 10.1.